The minimum atomic E-state index is -1.03. The van der Waals surface area contributed by atoms with Gasteiger partial charge in [0.1, 0.15) is 11.4 Å². The molecule has 19 heavy (non-hydrogen) atoms. The van der Waals surface area contributed by atoms with Crippen molar-refractivity contribution in [1.82, 2.24) is 4.90 Å². The van der Waals surface area contributed by atoms with Crippen LogP contribution in [0.4, 0.5) is 14.5 Å². The molecule has 2 N–H and O–H groups in total. The second kappa shape index (κ2) is 5.22. The highest BCUT2D eigenvalue weighted by Crippen LogP contribution is 2.30. The smallest absolute Gasteiger partial charge is 0.260 e. The Morgan fingerprint density at radius 1 is 1.47 bits per heavy atom. The van der Waals surface area contributed by atoms with E-state index in [1.165, 1.54) is 4.90 Å². The molecule has 0 aliphatic heterocycles. The zero-order valence-corrected chi connectivity index (χ0v) is 10.2. The Kier molecular flexibility index (Phi) is 3.65. The number of nitriles is 1. The van der Waals surface area contributed by atoms with Crippen molar-refractivity contribution in [3.8, 4) is 6.07 Å². The summed E-state index contributed by atoms with van der Waals surface area (Å²) in [4.78, 5) is 13.6. The van der Waals surface area contributed by atoms with E-state index in [9.17, 15) is 13.6 Å². The summed E-state index contributed by atoms with van der Waals surface area (Å²) >= 11 is 0. The highest BCUT2D eigenvalue weighted by atomic mass is 19.1. The number of carbonyl (C=O) groups is 1. The molecule has 1 fully saturated rings. The average Bonchev–Trinajstić information content (AvgIpc) is 3.19. The summed E-state index contributed by atoms with van der Waals surface area (Å²) in [5.74, 6) is -2.70. The zero-order valence-electron chi connectivity index (χ0n) is 10.2. The summed E-state index contributed by atoms with van der Waals surface area (Å²) in [5, 5.41) is 8.57. The first-order chi connectivity index (χ1) is 9.06. The zero-order chi connectivity index (χ0) is 14.0. The van der Waals surface area contributed by atoms with Gasteiger partial charge in [-0.05, 0) is 25.0 Å². The van der Waals surface area contributed by atoms with Crippen molar-refractivity contribution in [1.29, 1.82) is 5.26 Å². The van der Waals surface area contributed by atoms with Crippen LogP contribution in [0, 0.1) is 23.0 Å². The lowest BCUT2D eigenvalue weighted by molar-refractivity contribution is 0.0737. The third-order valence-electron chi connectivity index (χ3n) is 3.05. The van der Waals surface area contributed by atoms with Crippen molar-refractivity contribution in [3.63, 3.8) is 0 Å². The molecular weight excluding hydrogens is 252 g/mol. The molecule has 1 aromatic rings. The van der Waals surface area contributed by atoms with Gasteiger partial charge in [-0.2, -0.15) is 5.26 Å². The Balaban J connectivity index is 2.32. The van der Waals surface area contributed by atoms with E-state index >= 15 is 0 Å². The minimum Gasteiger partial charge on any atom is -0.396 e. The monoisotopic (exact) mass is 265 g/mol. The fourth-order valence-corrected chi connectivity index (χ4v) is 1.91. The lowest BCUT2D eigenvalue weighted by atomic mass is 10.1. The van der Waals surface area contributed by atoms with E-state index in [1.807, 2.05) is 6.07 Å². The lowest BCUT2D eigenvalue weighted by Crippen LogP contribution is -2.35. The fraction of sp³-hybridized carbons (Fsp3) is 0.385. The number of nitrogens with two attached hydrogens (primary N) is 1. The average molecular weight is 265 g/mol. The van der Waals surface area contributed by atoms with Crippen LogP contribution in [0.1, 0.15) is 29.6 Å². The molecule has 6 heteroatoms. The first-order valence-corrected chi connectivity index (χ1v) is 5.97. The highest BCUT2D eigenvalue weighted by Gasteiger charge is 2.35. The normalized spacial score (nSPS) is 13.9. The van der Waals surface area contributed by atoms with Crippen molar-refractivity contribution >= 4 is 11.6 Å². The van der Waals surface area contributed by atoms with Crippen LogP contribution in [0.5, 0.6) is 0 Å². The van der Waals surface area contributed by atoms with Gasteiger partial charge in [0.25, 0.3) is 5.91 Å². The van der Waals surface area contributed by atoms with E-state index in [1.54, 1.807) is 0 Å². The molecule has 0 aromatic heterocycles. The van der Waals surface area contributed by atoms with Gasteiger partial charge in [0.2, 0.25) is 0 Å². The molecule has 2 rings (SSSR count). The lowest BCUT2D eigenvalue weighted by Gasteiger charge is -2.22. The van der Waals surface area contributed by atoms with E-state index in [0.29, 0.717) is 0 Å². The van der Waals surface area contributed by atoms with E-state index in [4.69, 9.17) is 11.0 Å². The molecule has 1 saturated carbocycles. The van der Waals surface area contributed by atoms with Crippen molar-refractivity contribution in [2.24, 2.45) is 0 Å². The summed E-state index contributed by atoms with van der Waals surface area (Å²) in [6.45, 7) is 0.174. The van der Waals surface area contributed by atoms with E-state index < -0.39 is 23.1 Å². The number of benzene rings is 1. The van der Waals surface area contributed by atoms with Gasteiger partial charge in [0.15, 0.2) is 5.82 Å². The van der Waals surface area contributed by atoms with E-state index in [-0.39, 0.29) is 24.7 Å². The predicted molar refractivity (Wildman–Crippen MR) is 65.1 cm³/mol. The number of nitrogen functional groups attached to an aromatic ring is 1. The van der Waals surface area contributed by atoms with Gasteiger partial charge < -0.3 is 10.6 Å². The first kappa shape index (κ1) is 13.3. The summed E-state index contributed by atoms with van der Waals surface area (Å²) in [6.07, 6.45) is 1.72. The maximum atomic E-state index is 13.8. The van der Waals surface area contributed by atoms with Crippen LogP contribution >= 0.6 is 0 Å². The van der Waals surface area contributed by atoms with Crippen LogP contribution in [0.2, 0.25) is 0 Å². The molecule has 4 nitrogen and oxygen atoms in total. The quantitative estimate of drug-likeness (QED) is 0.847. The van der Waals surface area contributed by atoms with Gasteiger partial charge in [-0.25, -0.2) is 8.78 Å². The number of halogens is 2. The molecule has 0 saturated heterocycles. The van der Waals surface area contributed by atoms with Gasteiger partial charge in [-0.15, -0.1) is 0 Å². The minimum absolute atomic E-state index is 0.0268. The van der Waals surface area contributed by atoms with Crippen molar-refractivity contribution in [2.75, 3.05) is 12.3 Å². The number of hydrogen-bond acceptors (Lipinski definition) is 3. The molecule has 0 radical (unpaired) electrons. The van der Waals surface area contributed by atoms with Crippen molar-refractivity contribution in [3.05, 3.63) is 29.3 Å². The van der Waals surface area contributed by atoms with Crippen LogP contribution in [0.3, 0.4) is 0 Å². The van der Waals surface area contributed by atoms with Crippen molar-refractivity contribution < 1.29 is 13.6 Å². The molecule has 0 unspecified atom stereocenters. The Bertz CT molecular complexity index is 550. The Hall–Kier alpha value is -2.16. The largest absolute Gasteiger partial charge is 0.396 e. The fourth-order valence-electron chi connectivity index (χ4n) is 1.91. The number of rotatable bonds is 4. The second-order valence-corrected chi connectivity index (χ2v) is 4.46. The number of amides is 1. The van der Waals surface area contributed by atoms with Crippen LogP contribution in [-0.4, -0.2) is 23.4 Å². The summed E-state index contributed by atoms with van der Waals surface area (Å²) in [5.41, 5.74) is 4.46. The van der Waals surface area contributed by atoms with Gasteiger partial charge in [0.05, 0.1) is 18.2 Å². The standard InChI is InChI=1S/C13H13F2N3O/c14-9-4-5-10(17)12(15)11(9)13(19)18(7-1-6-16)8-2-3-8/h4-5,8H,1-3,7,17H2. The third-order valence-corrected chi connectivity index (χ3v) is 3.05. The van der Waals surface area contributed by atoms with Crippen LogP contribution < -0.4 is 5.73 Å². The summed E-state index contributed by atoms with van der Waals surface area (Å²) < 4.78 is 27.4. The second-order valence-electron chi connectivity index (χ2n) is 4.46. The molecule has 0 spiro atoms. The molecule has 1 amide bonds. The molecule has 0 atom stereocenters. The molecule has 0 heterocycles. The molecular formula is C13H13F2N3O. The van der Waals surface area contributed by atoms with Gasteiger partial charge in [-0.3, -0.25) is 4.79 Å². The van der Waals surface area contributed by atoms with Crippen LogP contribution in [0.25, 0.3) is 0 Å². The predicted octanol–water partition coefficient (Wildman–Crippen LogP) is 2.07. The van der Waals surface area contributed by atoms with E-state index in [0.717, 1.165) is 25.0 Å². The number of hydrogen-bond donors (Lipinski definition) is 1. The Morgan fingerprint density at radius 3 is 2.74 bits per heavy atom. The number of nitrogens with zero attached hydrogens (tertiary/aromatic N) is 2. The van der Waals surface area contributed by atoms with Crippen molar-refractivity contribution in [2.45, 2.75) is 25.3 Å². The van der Waals surface area contributed by atoms with Gasteiger partial charge >= 0.3 is 0 Å². The summed E-state index contributed by atoms with van der Waals surface area (Å²) in [7, 11) is 0. The Morgan fingerprint density at radius 2 is 2.16 bits per heavy atom. The maximum absolute atomic E-state index is 13.8. The number of carbonyl (C=O) groups excluding carboxylic acids is 1. The van der Waals surface area contributed by atoms with E-state index in [2.05, 4.69) is 0 Å². The molecule has 1 aromatic carbocycles. The molecule has 1 aliphatic rings. The molecule has 1 aliphatic carbocycles. The maximum Gasteiger partial charge on any atom is 0.260 e. The Labute approximate surface area is 109 Å². The SMILES string of the molecule is N#CCCN(C(=O)c1c(F)ccc(N)c1F)C1CC1. The molecule has 0 bridgehead atoms. The number of anilines is 1. The summed E-state index contributed by atoms with van der Waals surface area (Å²) in [6, 6.07) is 3.95. The molecule has 100 valence electrons. The van der Waals surface area contributed by atoms with Gasteiger partial charge in [0, 0.05) is 12.6 Å². The first-order valence-electron chi connectivity index (χ1n) is 5.97. The highest BCUT2D eigenvalue weighted by molar-refractivity contribution is 5.96. The van der Waals surface area contributed by atoms with Gasteiger partial charge in [-0.1, -0.05) is 0 Å². The topological polar surface area (TPSA) is 70.1 Å². The van der Waals surface area contributed by atoms with Crippen LogP contribution in [0.15, 0.2) is 12.1 Å². The third kappa shape index (κ3) is 2.65. The van der Waals surface area contributed by atoms with Crippen LogP contribution in [-0.2, 0) is 0 Å².